The van der Waals surface area contributed by atoms with Gasteiger partial charge >= 0.3 is 0 Å². The monoisotopic (exact) mass is 317 g/mol. The van der Waals surface area contributed by atoms with Crippen molar-refractivity contribution in [2.45, 2.75) is 19.3 Å². The Morgan fingerprint density at radius 3 is 2.67 bits per heavy atom. The second-order valence-corrected chi connectivity index (χ2v) is 7.92. The van der Waals surface area contributed by atoms with Gasteiger partial charge in [-0.05, 0) is 18.8 Å². The maximum Gasteiger partial charge on any atom is 0.228 e. The van der Waals surface area contributed by atoms with Crippen molar-refractivity contribution >= 4 is 21.8 Å². The van der Waals surface area contributed by atoms with Gasteiger partial charge in [-0.3, -0.25) is 9.59 Å². The van der Waals surface area contributed by atoms with Gasteiger partial charge in [0.1, 0.15) is 0 Å². The Hall–Kier alpha value is -1.15. The minimum absolute atomic E-state index is 0.0145. The maximum absolute atomic E-state index is 12.4. The van der Waals surface area contributed by atoms with Gasteiger partial charge in [-0.25, -0.2) is 13.1 Å². The van der Waals surface area contributed by atoms with Crippen LogP contribution in [0.1, 0.15) is 19.3 Å². The van der Waals surface area contributed by atoms with Gasteiger partial charge in [-0.15, -0.1) is 0 Å². The van der Waals surface area contributed by atoms with Crippen LogP contribution in [-0.4, -0.2) is 69.5 Å². The topological polar surface area (TPSA) is 86.8 Å². The van der Waals surface area contributed by atoms with Crippen molar-refractivity contribution in [3.63, 3.8) is 0 Å². The standard InChI is InChI=1S/C13H23N3O4S/c1-15-9-11(6-12(15)17)13(18)16-5-3-4-10(8-16)7-14-21(2,19)20/h10-11,14H,3-9H2,1-2H3/t10-,11+/m0/s1. The first kappa shape index (κ1) is 16.2. The summed E-state index contributed by atoms with van der Waals surface area (Å²) in [5, 5.41) is 0. The quantitative estimate of drug-likeness (QED) is 0.739. The van der Waals surface area contributed by atoms with Crippen molar-refractivity contribution in [3.8, 4) is 0 Å². The van der Waals surface area contributed by atoms with E-state index in [1.807, 2.05) is 0 Å². The number of hydrogen-bond acceptors (Lipinski definition) is 4. The van der Waals surface area contributed by atoms with Gasteiger partial charge < -0.3 is 9.80 Å². The molecule has 7 nitrogen and oxygen atoms in total. The van der Waals surface area contributed by atoms with E-state index in [0.717, 1.165) is 19.1 Å². The third kappa shape index (κ3) is 4.41. The smallest absolute Gasteiger partial charge is 0.228 e. The number of amides is 2. The molecule has 1 N–H and O–H groups in total. The zero-order chi connectivity index (χ0) is 15.6. The van der Waals surface area contributed by atoms with E-state index in [0.29, 0.717) is 26.2 Å². The van der Waals surface area contributed by atoms with E-state index in [2.05, 4.69) is 4.72 Å². The van der Waals surface area contributed by atoms with Crippen molar-refractivity contribution in [1.29, 1.82) is 0 Å². The second-order valence-electron chi connectivity index (χ2n) is 6.09. The molecular formula is C13H23N3O4S. The van der Waals surface area contributed by atoms with E-state index in [9.17, 15) is 18.0 Å². The molecule has 21 heavy (non-hydrogen) atoms. The summed E-state index contributed by atoms with van der Waals surface area (Å²) in [5.74, 6) is -0.0613. The minimum Gasteiger partial charge on any atom is -0.345 e. The molecule has 0 aromatic rings. The summed E-state index contributed by atoms with van der Waals surface area (Å²) in [4.78, 5) is 27.4. The Labute approximate surface area is 125 Å². The molecule has 2 aliphatic rings. The van der Waals surface area contributed by atoms with E-state index in [1.165, 1.54) is 0 Å². The molecule has 2 rings (SSSR count). The first-order valence-electron chi connectivity index (χ1n) is 7.23. The van der Waals surface area contributed by atoms with Gasteiger partial charge in [-0.2, -0.15) is 0 Å². The Kier molecular flexibility index (Phi) is 4.88. The minimum atomic E-state index is -3.20. The van der Waals surface area contributed by atoms with Crippen molar-refractivity contribution < 1.29 is 18.0 Å². The Bertz CT molecular complexity index is 520. The van der Waals surface area contributed by atoms with Crippen LogP contribution in [0.5, 0.6) is 0 Å². The lowest BCUT2D eigenvalue weighted by molar-refractivity contribution is -0.137. The fourth-order valence-corrected chi connectivity index (χ4v) is 3.53. The number of nitrogens with zero attached hydrogens (tertiary/aromatic N) is 2. The zero-order valence-electron chi connectivity index (χ0n) is 12.5. The highest BCUT2D eigenvalue weighted by Gasteiger charge is 2.36. The highest BCUT2D eigenvalue weighted by molar-refractivity contribution is 7.88. The van der Waals surface area contributed by atoms with Gasteiger partial charge in [-0.1, -0.05) is 0 Å². The third-order valence-corrected chi connectivity index (χ3v) is 4.85. The Morgan fingerprint density at radius 2 is 2.10 bits per heavy atom. The van der Waals surface area contributed by atoms with Crippen LogP contribution < -0.4 is 4.72 Å². The highest BCUT2D eigenvalue weighted by Crippen LogP contribution is 2.23. The van der Waals surface area contributed by atoms with Crippen LogP contribution >= 0.6 is 0 Å². The van der Waals surface area contributed by atoms with Crippen LogP contribution in [-0.2, 0) is 19.6 Å². The lowest BCUT2D eigenvalue weighted by atomic mass is 9.96. The van der Waals surface area contributed by atoms with E-state index < -0.39 is 10.0 Å². The van der Waals surface area contributed by atoms with Gasteiger partial charge in [0.05, 0.1) is 12.2 Å². The summed E-state index contributed by atoms with van der Waals surface area (Å²) in [6.07, 6.45) is 3.21. The zero-order valence-corrected chi connectivity index (χ0v) is 13.4. The first-order valence-corrected chi connectivity index (χ1v) is 9.13. The molecule has 2 fully saturated rings. The average molecular weight is 317 g/mol. The lowest BCUT2D eigenvalue weighted by Gasteiger charge is -2.34. The van der Waals surface area contributed by atoms with Crippen LogP contribution in [0.2, 0.25) is 0 Å². The molecule has 2 amide bonds. The summed E-state index contributed by atoms with van der Waals surface area (Å²) < 4.78 is 24.8. The summed E-state index contributed by atoms with van der Waals surface area (Å²) in [5.41, 5.74) is 0. The van der Waals surface area contributed by atoms with Crippen molar-refractivity contribution in [3.05, 3.63) is 0 Å². The summed E-state index contributed by atoms with van der Waals surface area (Å²) in [7, 11) is -1.48. The van der Waals surface area contributed by atoms with Crippen LogP contribution in [0.15, 0.2) is 0 Å². The van der Waals surface area contributed by atoms with Crippen LogP contribution in [0.25, 0.3) is 0 Å². The maximum atomic E-state index is 12.4. The molecule has 2 heterocycles. The first-order chi connectivity index (χ1) is 9.76. The number of hydrogen-bond donors (Lipinski definition) is 1. The molecular weight excluding hydrogens is 294 g/mol. The SMILES string of the molecule is CN1C[C@H](C(=O)N2CCC[C@@H](CNS(C)(=O)=O)C2)CC1=O. The normalized spacial score (nSPS) is 27.2. The number of likely N-dealkylation sites (tertiary alicyclic amines) is 2. The fourth-order valence-electron chi connectivity index (χ4n) is 2.99. The van der Waals surface area contributed by atoms with E-state index in [4.69, 9.17) is 0 Å². The van der Waals surface area contributed by atoms with Crippen molar-refractivity contribution in [2.24, 2.45) is 11.8 Å². The molecule has 0 unspecified atom stereocenters. The second kappa shape index (κ2) is 6.31. The lowest BCUT2D eigenvalue weighted by Crippen LogP contribution is -2.46. The van der Waals surface area contributed by atoms with Crippen molar-refractivity contribution in [1.82, 2.24) is 14.5 Å². The highest BCUT2D eigenvalue weighted by atomic mass is 32.2. The molecule has 8 heteroatoms. The summed E-state index contributed by atoms with van der Waals surface area (Å²) >= 11 is 0. The van der Waals surface area contributed by atoms with Gasteiger partial charge in [0.15, 0.2) is 0 Å². The Morgan fingerprint density at radius 1 is 1.38 bits per heavy atom. The number of carbonyl (C=O) groups is 2. The summed E-state index contributed by atoms with van der Waals surface area (Å²) in [6, 6.07) is 0. The molecule has 2 saturated heterocycles. The van der Waals surface area contributed by atoms with Crippen molar-refractivity contribution in [2.75, 3.05) is 39.5 Å². The number of rotatable bonds is 4. The number of sulfonamides is 1. The van der Waals surface area contributed by atoms with Gasteiger partial charge in [0.25, 0.3) is 0 Å². The van der Waals surface area contributed by atoms with Gasteiger partial charge in [0.2, 0.25) is 21.8 Å². The van der Waals surface area contributed by atoms with Crippen LogP contribution in [0.3, 0.4) is 0 Å². The molecule has 2 atom stereocenters. The van der Waals surface area contributed by atoms with E-state index in [1.54, 1.807) is 16.8 Å². The molecule has 0 saturated carbocycles. The average Bonchev–Trinajstić information content (AvgIpc) is 2.75. The summed E-state index contributed by atoms with van der Waals surface area (Å²) in [6.45, 7) is 2.12. The molecule has 0 aromatic heterocycles. The molecule has 0 bridgehead atoms. The predicted molar refractivity (Wildman–Crippen MR) is 77.9 cm³/mol. The third-order valence-electron chi connectivity index (χ3n) is 4.16. The number of nitrogens with one attached hydrogen (secondary N) is 1. The molecule has 120 valence electrons. The number of carbonyl (C=O) groups excluding carboxylic acids is 2. The molecule has 0 spiro atoms. The van der Waals surface area contributed by atoms with E-state index in [-0.39, 0.29) is 30.1 Å². The largest absolute Gasteiger partial charge is 0.345 e. The Balaban J connectivity index is 1.89. The molecule has 0 aromatic carbocycles. The molecule has 0 aliphatic carbocycles. The fraction of sp³-hybridized carbons (Fsp3) is 0.846. The van der Waals surface area contributed by atoms with Gasteiger partial charge in [0, 0.05) is 39.6 Å². The molecule has 0 radical (unpaired) electrons. The van der Waals surface area contributed by atoms with Crippen LogP contribution in [0, 0.1) is 11.8 Å². The molecule has 2 aliphatic heterocycles. The van der Waals surface area contributed by atoms with Crippen LogP contribution in [0.4, 0.5) is 0 Å². The van der Waals surface area contributed by atoms with E-state index >= 15 is 0 Å². The number of piperidine rings is 1. The predicted octanol–water partition coefficient (Wildman–Crippen LogP) is -0.747.